The SMILES string of the molecule is Cc1[nH]n(-c2ccc(F)cc2)c(=O)c1C=Nc1c2ccccc2nc2ccccc12. The molecule has 1 N–H and O–H groups in total. The summed E-state index contributed by atoms with van der Waals surface area (Å²) in [7, 11) is 0. The Morgan fingerprint density at radius 3 is 2.17 bits per heavy atom. The number of benzene rings is 3. The third kappa shape index (κ3) is 2.99. The van der Waals surface area contributed by atoms with E-state index in [0.717, 1.165) is 27.5 Å². The first-order valence-electron chi connectivity index (χ1n) is 9.51. The highest BCUT2D eigenvalue weighted by Crippen LogP contribution is 2.32. The number of aryl methyl sites for hydroxylation is 1. The molecule has 0 atom stereocenters. The highest BCUT2D eigenvalue weighted by atomic mass is 19.1. The van der Waals surface area contributed by atoms with Crippen molar-refractivity contribution in [3.63, 3.8) is 0 Å². The maximum atomic E-state index is 13.2. The van der Waals surface area contributed by atoms with E-state index < -0.39 is 0 Å². The second kappa shape index (κ2) is 7.08. The van der Waals surface area contributed by atoms with Gasteiger partial charge in [0.1, 0.15) is 5.82 Å². The van der Waals surface area contributed by atoms with Gasteiger partial charge in [0.2, 0.25) is 0 Å². The fourth-order valence-electron chi connectivity index (χ4n) is 3.57. The molecule has 3 aromatic carbocycles. The molecule has 0 aliphatic rings. The van der Waals surface area contributed by atoms with E-state index in [1.54, 1.807) is 18.3 Å². The Kier molecular flexibility index (Phi) is 4.25. The second-order valence-electron chi connectivity index (χ2n) is 7.02. The average molecular weight is 396 g/mol. The summed E-state index contributed by atoms with van der Waals surface area (Å²) in [5.74, 6) is -0.353. The zero-order chi connectivity index (χ0) is 20.7. The first kappa shape index (κ1) is 18.0. The molecular formula is C24H17FN4O. The van der Waals surface area contributed by atoms with E-state index in [-0.39, 0.29) is 11.4 Å². The predicted octanol–water partition coefficient (Wildman–Crippen LogP) is 5.07. The smallest absolute Gasteiger partial charge is 0.280 e. The lowest BCUT2D eigenvalue weighted by molar-refractivity contribution is 0.627. The highest BCUT2D eigenvalue weighted by Gasteiger charge is 2.12. The fraction of sp³-hybridized carbons (Fsp3) is 0.0417. The largest absolute Gasteiger partial charge is 0.295 e. The number of hydrogen-bond acceptors (Lipinski definition) is 3. The Labute approximate surface area is 171 Å². The summed E-state index contributed by atoms with van der Waals surface area (Å²) in [5.41, 5.74) is 3.90. The van der Waals surface area contributed by atoms with Crippen LogP contribution >= 0.6 is 0 Å². The van der Waals surface area contributed by atoms with Gasteiger partial charge in [-0.3, -0.25) is 14.9 Å². The number of para-hydroxylation sites is 2. The van der Waals surface area contributed by atoms with Crippen molar-refractivity contribution in [2.45, 2.75) is 6.92 Å². The highest BCUT2D eigenvalue weighted by molar-refractivity contribution is 6.07. The first-order chi connectivity index (χ1) is 14.6. The number of halogens is 1. The number of pyridine rings is 1. The van der Waals surface area contributed by atoms with Crippen molar-refractivity contribution in [3.8, 4) is 5.69 Å². The molecule has 0 aliphatic carbocycles. The van der Waals surface area contributed by atoms with Crippen molar-refractivity contribution in [2.75, 3.05) is 0 Å². The number of aromatic nitrogens is 3. The Hall–Kier alpha value is -4.06. The van der Waals surface area contributed by atoms with Crippen LogP contribution in [0.1, 0.15) is 11.3 Å². The van der Waals surface area contributed by atoms with Crippen LogP contribution < -0.4 is 5.56 Å². The summed E-state index contributed by atoms with van der Waals surface area (Å²) in [6, 6.07) is 21.4. The molecule has 0 fully saturated rings. The van der Waals surface area contributed by atoms with E-state index in [2.05, 4.69) is 5.10 Å². The molecule has 5 nitrogen and oxygen atoms in total. The van der Waals surface area contributed by atoms with E-state index >= 15 is 0 Å². The van der Waals surface area contributed by atoms with Crippen molar-refractivity contribution < 1.29 is 4.39 Å². The Morgan fingerprint density at radius 2 is 1.53 bits per heavy atom. The standard InChI is InChI=1S/C24H17FN4O/c1-15-20(24(30)29(28-15)17-12-10-16(25)11-13-17)14-26-23-18-6-2-4-8-21(18)27-22-9-5-3-7-19(22)23/h2-14,28H,1H3. The molecule has 0 aliphatic heterocycles. The van der Waals surface area contributed by atoms with Gasteiger partial charge in [-0.2, -0.15) is 0 Å². The molecule has 30 heavy (non-hydrogen) atoms. The number of nitrogens with one attached hydrogen (secondary N) is 1. The van der Waals surface area contributed by atoms with Crippen LogP contribution in [0.15, 0.2) is 82.6 Å². The molecule has 2 aromatic heterocycles. The first-order valence-corrected chi connectivity index (χ1v) is 9.51. The van der Waals surface area contributed by atoms with E-state index in [4.69, 9.17) is 9.98 Å². The number of aromatic amines is 1. The third-order valence-corrected chi connectivity index (χ3v) is 5.08. The average Bonchev–Trinajstić information content (AvgIpc) is 3.05. The van der Waals surface area contributed by atoms with Crippen molar-refractivity contribution in [3.05, 3.63) is 100 Å². The van der Waals surface area contributed by atoms with Gasteiger partial charge in [0.25, 0.3) is 5.56 Å². The number of aliphatic imine (C=N–C) groups is 1. The minimum Gasteiger partial charge on any atom is -0.295 e. The van der Waals surface area contributed by atoms with Crippen LogP contribution in [0.2, 0.25) is 0 Å². The lowest BCUT2D eigenvalue weighted by Crippen LogP contribution is -2.17. The van der Waals surface area contributed by atoms with Crippen LogP contribution in [0, 0.1) is 12.7 Å². The maximum absolute atomic E-state index is 13.2. The van der Waals surface area contributed by atoms with E-state index in [1.165, 1.54) is 16.8 Å². The second-order valence-corrected chi connectivity index (χ2v) is 7.02. The normalized spacial score (nSPS) is 11.7. The van der Waals surface area contributed by atoms with E-state index in [1.807, 2.05) is 55.5 Å². The number of fused-ring (bicyclic) bond motifs is 2. The number of H-pyrrole nitrogens is 1. The minimum absolute atomic E-state index is 0.245. The summed E-state index contributed by atoms with van der Waals surface area (Å²) < 4.78 is 14.6. The molecule has 0 bridgehead atoms. The Morgan fingerprint density at radius 1 is 0.933 bits per heavy atom. The minimum atomic E-state index is -0.353. The van der Waals surface area contributed by atoms with Gasteiger partial charge in [-0.25, -0.2) is 14.1 Å². The van der Waals surface area contributed by atoms with Crippen LogP contribution in [0.25, 0.3) is 27.5 Å². The van der Waals surface area contributed by atoms with Gasteiger partial charge in [0, 0.05) is 22.7 Å². The number of rotatable bonds is 3. The van der Waals surface area contributed by atoms with Crippen LogP contribution in [0.4, 0.5) is 10.1 Å². The molecule has 0 radical (unpaired) electrons. The molecule has 2 heterocycles. The topological polar surface area (TPSA) is 63.0 Å². The van der Waals surface area contributed by atoms with Crippen molar-refractivity contribution in [2.24, 2.45) is 4.99 Å². The van der Waals surface area contributed by atoms with E-state index in [0.29, 0.717) is 16.9 Å². The van der Waals surface area contributed by atoms with Crippen LogP contribution in [-0.2, 0) is 0 Å². The molecule has 0 spiro atoms. The Bertz CT molecular complexity index is 1430. The number of hydrogen-bond donors (Lipinski definition) is 1. The van der Waals surface area contributed by atoms with Gasteiger partial charge in [0.05, 0.1) is 28.0 Å². The van der Waals surface area contributed by atoms with Gasteiger partial charge in [-0.05, 0) is 43.3 Å². The molecular weight excluding hydrogens is 379 g/mol. The van der Waals surface area contributed by atoms with Crippen molar-refractivity contribution in [1.82, 2.24) is 14.8 Å². The summed E-state index contributed by atoms with van der Waals surface area (Å²) in [6.07, 6.45) is 1.59. The van der Waals surface area contributed by atoms with Crippen molar-refractivity contribution in [1.29, 1.82) is 0 Å². The molecule has 0 unspecified atom stereocenters. The Balaban J connectivity index is 1.67. The van der Waals surface area contributed by atoms with Gasteiger partial charge in [-0.15, -0.1) is 0 Å². The molecule has 0 saturated heterocycles. The van der Waals surface area contributed by atoms with Crippen LogP contribution in [0.5, 0.6) is 0 Å². The lowest BCUT2D eigenvalue weighted by Gasteiger charge is -2.06. The predicted molar refractivity (Wildman–Crippen MR) is 118 cm³/mol. The summed E-state index contributed by atoms with van der Waals surface area (Å²) in [5, 5.41) is 4.87. The monoisotopic (exact) mass is 396 g/mol. The van der Waals surface area contributed by atoms with E-state index in [9.17, 15) is 9.18 Å². The van der Waals surface area contributed by atoms with Crippen LogP contribution in [0.3, 0.4) is 0 Å². The fourth-order valence-corrected chi connectivity index (χ4v) is 3.57. The van der Waals surface area contributed by atoms with Crippen molar-refractivity contribution >= 4 is 33.7 Å². The summed E-state index contributed by atoms with van der Waals surface area (Å²) >= 11 is 0. The zero-order valence-electron chi connectivity index (χ0n) is 16.1. The lowest BCUT2D eigenvalue weighted by atomic mass is 10.1. The van der Waals surface area contributed by atoms with Gasteiger partial charge in [0.15, 0.2) is 0 Å². The third-order valence-electron chi connectivity index (χ3n) is 5.08. The zero-order valence-corrected chi connectivity index (χ0v) is 16.1. The molecule has 0 amide bonds. The van der Waals surface area contributed by atoms with Gasteiger partial charge < -0.3 is 0 Å². The summed E-state index contributed by atoms with van der Waals surface area (Å²) in [6.45, 7) is 1.81. The summed E-state index contributed by atoms with van der Waals surface area (Å²) in [4.78, 5) is 22.4. The molecule has 5 aromatic rings. The molecule has 146 valence electrons. The van der Waals surface area contributed by atoms with Gasteiger partial charge >= 0.3 is 0 Å². The molecule has 5 rings (SSSR count). The molecule has 0 saturated carbocycles. The maximum Gasteiger partial charge on any atom is 0.280 e. The quantitative estimate of drug-likeness (QED) is 0.342. The van der Waals surface area contributed by atoms with Crippen LogP contribution in [-0.4, -0.2) is 21.0 Å². The molecule has 6 heteroatoms. The van der Waals surface area contributed by atoms with Gasteiger partial charge in [-0.1, -0.05) is 36.4 Å². The number of nitrogens with zero attached hydrogens (tertiary/aromatic N) is 3.